The normalized spacial score (nSPS) is 11.3. The Labute approximate surface area is 107 Å². The van der Waals surface area contributed by atoms with Crippen LogP contribution in [0.3, 0.4) is 0 Å². The molecule has 0 saturated carbocycles. The number of hydrogen-bond donors (Lipinski definition) is 2. The van der Waals surface area contributed by atoms with Crippen LogP contribution in [0.15, 0.2) is 30.3 Å². The molecule has 0 aliphatic heterocycles. The SMILES string of the molecule is COCC(C#N)NC(=O)CCNc1ccccc1. The zero-order chi connectivity index (χ0) is 13.2. The molecule has 1 atom stereocenters. The number of nitrogens with one attached hydrogen (secondary N) is 2. The van der Waals surface area contributed by atoms with Crippen LogP contribution < -0.4 is 10.6 Å². The van der Waals surface area contributed by atoms with Gasteiger partial charge in [0.15, 0.2) is 0 Å². The highest BCUT2D eigenvalue weighted by atomic mass is 16.5. The first-order valence-corrected chi connectivity index (χ1v) is 5.73. The predicted octanol–water partition coefficient (Wildman–Crippen LogP) is 1.14. The van der Waals surface area contributed by atoms with Crippen LogP contribution in [0.25, 0.3) is 0 Å². The lowest BCUT2D eigenvalue weighted by Crippen LogP contribution is -2.37. The Morgan fingerprint density at radius 1 is 1.44 bits per heavy atom. The van der Waals surface area contributed by atoms with Crippen LogP contribution in [0.5, 0.6) is 0 Å². The summed E-state index contributed by atoms with van der Waals surface area (Å²) in [6.45, 7) is 0.731. The molecule has 0 saturated heterocycles. The van der Waals surface area contributed by atoms with E-state index >= 15 is 0 Å². The van der Waals surface area contributed by atoms with Crippen LogP contribution in [0.1, 0.15) is 6.42 Å². The molecule has 0 aliphatic rings. The minimum Gasteiger partial charge on any atom is -0.385 e. The minimum atomic E-state index is -0.584. The summed E-state index contributed by atoms with van der Waals surface area (Å²) in [5.74, 6) is -0.165. The van der Waals surface area contributed by atoms with Crippen molar-refractivity contribution >= 4 is 11.6 Å². The lowest BCUT2D eigenvalue weighted by molar-refractivity contribution is -0.121. The van der Waals surface area contributed by atoms with Gasteiger partial charge in [-0.25, -0.2) is 0 Å². The Kier molecular flexibility index (Phi) is 6.30. The molecule has 18 heavy (non-hydrogen) atoms. The monoisotopic (exact) mass is 247 g/mol. The van der Waals surface area contributed by atoms with Crippen LogP contribution in [-0.4, -0.2) is 32.2 Å². The Morgan fingerprint density at radius 3 is 2.78 bits per heavy atom. The van der Waals surface area contributed by atoms with Gasteiger partial charge in [0.25, 0.3) is 0 Å². The number of ether oxygens (including phenoxy) is 1. The molecule has 0 fully saturated rings. The van der Waals surface area contributed by atoms with Crippen LogP contribution >= 0.6 is 0 Å². The van der Waals surface area contributed by atoms with Gasteiger partial charge in [0, 0.05) is 25.8 Å². The molecule has 5 nitrogen and oxygen atoms in total. The molecule has 0 heterocycles. The molecule has 0 spiro atoms. The number of methoxy groups -OCH3 is 1. The Balaban J connectivity index is 2.23. The summed E-state index contributed by atoms with van der Waals surface area (Å²) in [5, 5.41) is 14.5. The van der Waals surface area contributed by atoms with Gasteiger partial charge < -0.3 is 15.4 Å². The molecule has 1 unspecified atom stereocenters. The van der Waals surface area contributed by atoms with E-state index in [1.165, 1.54) is 7.11 Å². The third-order valence-electron chi connectivity index (χ3n) is 2.28. The van der Waals surface area contributed by atoms with Gasteiger partial charge in [0.1, 0.15) is 6.04 Å². The molecule has 0 aromatic heterocycles. The van der Waals surface area contributed by atoms with E-state index in [1.54, 1.807) is 0 Å². The number of carbonyl (C=O) groups is 1. The van der Waals surface area contributed by atoms with Crippen molar-refractivity contribution in [1.82, 2.24) is 5.32 Å². The summed E-state index contributed by atoms with van der Waals surface area (Å²) in [6.07, 6.45) is 0.316. The van der Waals surface area contributed by atoms with E-state index in [0.717, 1.165) is 5.69 Å². The summed E-state index contributed by atoms with van der Waals surface area (Å²) in [5.41, 5.74) is 0.971. The van der Waals surface area contributed by atoms with E-state index in [2.05, 4.69) is 10.6 Å². The van der Waals surface area contributed by atoms with Crippen molar-refractivity contribution in [3.63, 3.8) is 0 Å². The van der Waals surface area contributed by atoms with Gasteiger partial charge >= 0.3 is 0 Å². The maximum absolute atomic E-state index is 11.5. The van der Waals surface area contributed by atoms with Crippen LogP contribution in [-0.2, 0) is 9.53 Å². The first-order valence-electron chi connectivity index (χ1n) is 5.73. The molecule has 1 rings (SSSR count). The number of amides is 1. The van der Waals surface area contributed by atoms with Crippen molar-refractivity contribution in [2.24, 2.45) is 0 Å². The van der Waals surface area contributed by atoms with E-state index in [9.17, 15) is 4.79 Å². The summed E-state index contributed by atoms with van der Waals surface area (Å²) in [7, 11) is 1.49. The third kappa shape index (κ3) is 5.32. The highest BCUT2D eigenvalue weighted by Crippen LogP contribution is 2.04. The molecular formula is C13H17N3O2. The van der Waals surface area contributed by atoms with Gasteiger partial charge in [-0.1, -0.05) is 18.2 Å². The van der Waals surface area contributed by atoms with E-state index in [4.69, 9.17) is 10.00 Å². The quantitative estimate of drug-likeness (QED) is 0.757. The summed E-state index contributed by atoms with van der Waals surface area (Å²) < 4.78 is 4.82. The fourth-order valence-corrected chi connectivity index (χ4v) is 1.42. The van der Waals surface area contributed by atoms with Crippen LogP contribution in [0.2, 0.25) is 0 Å². The topological polar surface area (TPSA) is 74.1 Å². The van der Waals surface area contributed by atoms with Crippen molar-refractivity contribution in [2.45, 2.75) is 12.5 Å². The second-order valence-corrected chi connectivity index (χ2v) is 3.75. The number of anilines is 1. The summed E-state index contributed by atoms with van der Waals surface area (Å²) >= 11 is 0. The first kappa shape index (κ1) is 14.0. The van der Waals surface area contributed by atoms with Crippen molar-refractivity contribution in [3.05, 3.63) is 30.3 Å². The highest BCUT2D eigenvalue weighted by Gasteiger charge is 2.10. The molecular weight excluding hydrogens is 230 g/mol. The smallest absolute Gasteiger partial charge is 0.222 e. The first-order chi connectivity index (χ1) is 8.76. The summed E-state index contributed by atoms with van der Waals surface area (Å²) in [6, 6.07) is 11.0. The summed E-state index contributed by atoms with van der Waals surface area (Å²) in [4.78, 5) is 11.5. The molecule has 5 heteroatoms. The number of carbonyl (C=O) groups excluding carboxylic acids is 1. The van der Waals surface area contributed by atoms with Gasteiger partial charge in [-0.3, -0.25) is 4.79 Å². The Bertz CT molecular complexity index is 400. The zero-order valence-corrected chi connectivity index (χ0v) is 10.3. The van der Waals surface area contributed by atoms with Crippen LogP contribution in [0.4, 0.5) is 5.69 Å². The zero-order valence-electron chi connectivity index (χ0n) is 10.3. The van der Waals surface area contributed by atoms with Crippen LogP contribution in [0, 0.1) is 11.3 Å². The van der Waals surface area contributed by atoms with E-state index < -0.39 is 6.04 Å². The van der Waals surface area contributed by atoms with Crippen molar-refractivity contribution in [1.29, 1.82) is 5.26 Å². The lowest BCUT2D eigenvalue weighted by Gasteiger charge is -2.11. The number of nitrogens with zero attached hydrogens (tertiary/aromatic N) is 1. The van der Waals surface area contributed by atoms with Gasteiger partial charge in [0.2, 0.25) is 5.91 Å². The number of hydrogen-bond acceptors (Lipinski definition) is 4. The fourth-order valence-electron chi connectivity index (χ4n) is 1.42. The molecule has 2 N–H and O–H groups in total. The van der Waals surface area contributed by atoms with E-state index in [0.29, 0.717) is 13.0 Å². The molecule has 0 bridgehead atoms. The van der Waals surface area contributed by atoms with Crippen molar-refractivity contribution in [2.75, 3.05) is 25.6 Å². The van der Waals surface area contributed by atoms with E-state index in [1.807, 2.05) is 36.4 Å². The maximum Gasteiger partial charge on any atom is 0.222 e. The maximum atomic E-state index is 11.5. The Morgan fingerprint density at radius 2 is 2.17 bits per heavy atom. The predicted molar refractivity (Wildman–Crippen MR) is 69.0 cm³/mol. The second kappa shape index (κ2) is 8.09. The third-order valence-corrected chi connectivity index (χ3v) is 2.28. The lowest BCUT2D eigenvalue weighted by atomic mass is 10.3. The van der Waals surface area contributed by atoms with Gasteiger partial charge in [-0.2, -0.15) is 5.26 Å². The molecule has 1 aromatic rings. The van der Waals surface area contributed by atoms with Crippen molar-refractivity contribution < 1.29 is 9.53 Å². The molecule has 0 aliphatic carbocycles. The molecule has 96 valence electrons. The molecule has 0 radical (unpaired) electrons. The van der Waals surface area contributed by atoms with E-state index in [-0.39, 0.29) is 12.5 Å². The average molecular weight is 247 g/mol. The Hall–Kier alpha value is -2.06. The standard InChI is InChI=1S/C13H17N3O2/c1-18-10-12(9-14)16-13(17)7-8-15-11-5-3-2-4-6-11/h2-6,12,15H,7-8,10H2,1H3,(H,16,17). The van der Waals surface area contributed by atoms with Gasteiger partial charge in [-0.15, -0.1) is 0 Å². The highest BCUT2D eigenvalue weighted by molar-refractivity contribution is 5.77. The number of para-hydroxylation sites is 1. The largest absolute Gasteiger partial charge is 0.385 e. The number of benzene rings is 1. The average Bonchev–Trinajstić information content (AvgIpc) is 2.39. The van der Waals surface area contributed by atoms with Gasteiger partial charge in [-0.05, 0) is 12.1 Å². The number of rotatable bonds is 7. The minimum absolute atomic E-state index is 0.165. The fraction of sp³-hybridized carbons (Fsp3) is 0.385. The van der Waals surface area contributed by atoms with Crippen molar-refractivity contribution in [3.8, 4) is 6.07 Å². The molecule has 1 amide bonds. The van der Waals surface area contributed by atoms with Gasteiger partial charge in [0.05, 0.1) is 12.7 Å². The second-order valence-electron chi connectivity index (χ2n) is 3.75. The number of nitriles is 1. The molecule has 1 aromatic carbocycles.